The lowest BCUT2D eigenvalue weighted by Crippen LogP contribution is -2.15. The molecule has 0 radical (unpaired) electrons. The summed E-state index contributed by atoms with van der Waals surface area (Å²) in [4.78, 5) is 12.5. The molecule has 1 N–H and O–H groups in total. The van der Waals surface area contributed by atoms with Crippen LogP contribution in [-0.2, 0) is 4.79 Å². The predicted octanol–water partition coefficient (Wildman–Crippen LogP) is 5.02. The van der Waals surface area contributed by atoms with Gasteiger partial charge >= 0.3 is 0 Å². The number of thioether (sulfide) groups is 1. The van der Waals surface area contributed by atoms with Crippen LogP contribution in [0.25, 0.3) is 5.69 Å². The minimum absolute atomic E-state index is 0.0644. The van der Waals surface area contributed by atoms with Crippen LogP contribution in [0.2, 0.25) is 5.02 Å². The van der Waals surface area contributed by atoms with E-state index >= 15 is 0 Å². The molecule has 156 valence electrons. The Kier molecular flexibility index (Phi) is 5.92. The Hall–Kier alpha value is -2.64. The summed E-state index contributed by atoms with van der Waals surface area (Å²) in [6, 6.07) is 13.3. The second-order valence-corrected chi connectivity index (χ2v) is 8.35. The topological polar surface area (TPSA) is 65.4 Å². The number of halogens is 1. The van der Waals surface area contributed by atoms with Gasteiger partial charge in [-0.15, -0.1) is 11.8 Å². The summed E-state index contributed by atoms with van der Waals surface area (Å²) in [6.45, 7) is 4.43. The lowest BCUT2D eigenvalue weighted by molar-refractivity contribution is -0.113. The molecule has 6 nitrogen and oxygen atoms in total. The summed E-state index contributed by atoms with van der Waals surface area (Å²) in [6.07, 6.45) is 0. The highest BCUT2D eigenvalue weighted by atomic mass is 35.5. The van der Waals surface area contributed by atoms with Crippen LogP contribution < -0.4 is 14.8 Å². The summed E-state index contributed by atoms with van der Waals surface area (Å²) >= 11 is 7.75. The fourth-order valence-electron chi connectivity index (χ4n) is 3.57. The number of rotatable bonds is 5. The monoisotopic (exact) mass is 443 g/mol. The van der Waals surface area contributed by atoms with Crippen LogP contribution in [0.5, 0.6) is 11.5 Å². The standard InChI is InChI=1S/C22H22ClN3O3S/c1-4-29-18-10-14(8-9-17(18)28-3)21-20-13(2)25-26(16-7-5-6-15(23)11-16)22(20)24-19(27)12-30-21/h5-11,21H,4,12H2,1-3H3,(H,24,27)/t21-/m1/s1. The SMILES string of the molecule is CCOc1cc([C@H]2SCC(=O)Nc3c2c(C)nn3-c2cccc(Cl)c2)ccc1OC. The third-order valence-corrected chi connectivity index (χ3v) is 6.36. The largest absolute Gasteiger partial charge is 0.493 e. The van der Waals surface area contributed by atoms with Crippen LogP contribution in [-0.4, -0.2) is 35.2 Å². The number of nitrogens with one attached hydrogen (secondary N) is 1. The lowest BCUT2D eigenvalue weighted by atomic mass is 10.0. The number of amides is 1. The molecule has 3 aromatic rings. The summed E-state index contributed by atoms with van der Waals surface area (Å²) in [5.74, 6) is 2.31. The number of benzene rings is 2. The van der Waals surface area contributed by atoms with E-state index in [-0.39, 0.29) is 11.2 Å². The van der Waals surface area contributed by atoms with Crippen molar-refractivity contribution in [3.63, 3.8) is 0 Å². The van der Waals surface area contributed by atoms with Gasteiger partial charge in [-0.05, 0) is 49.7 Å². The zero-order valence-corrected chi connectivity index (χ0v) is 18.5. The van der Waals surface area contributed by atoms with Crippen molar-refractivity contribution < 1.29 is 14.3 Å². The van der Waals surface area contributed by atoms with Crippen LogP contribution in [0.3, 0.4) is 0 Å². The predicted molar refractivity (Wildman–Crippen MR) is 120 cm³/mol. The maximum atomic E-state index is 12.5. The molecule has 1 aliphatic heterocycles. The number of nitrogens with zero attached hydrogens (tertiary/aromatic N) is 2. The van der Waals surface area contributed by atoms with Gasteiger partial charge < -0.3 is 14.8 Å². The summed E-state index contributed by atoms with van der Waals surface area (Å²) in [5.41, 5.74) is 3.63. The first-order valence-corrected chi connectivity index (χ1v) is 11.0. The van der Waals surface area contributed by atoms with Crippen LogP contribution in [0.4, 0.5) is 5.82 Å². The molecule has 0 unspecified atom stereocenters. The van der Waals surface area contributed by atoms with Gasteiger partial charge in [-0.2, -0.15) is 5.10 Å². The Bertz CT molecular complexity index is 1100. The molecule has 0 bridgehead atoms. The molecule has 2 heterocycles. The molecule has 0 saturated carbocycles. The maximum absolute atomic E-state index is 12.5. The molecule has 1 atom stereocenters. The Morgan fingerprint density at radius 1 is 1.27 bits per heavy atom. The van der Waals surface area contributed by atoms with E-state index in [1.807, 2.05) is 56.3 Å². The molecule has 30 heavy (non-hydrogen) atoms. The van der Waals surface area contributed by atoms with Crippen molar-refractivity contribution in [1.29, 1.82) is 0 Å². The minimum atomic E-state index is -0.0861. The van der Waals surface area contributed by atoms with E-state index in [1.54, 1.807) is 23.6 Å². The van der Waals surface area contributed by atoms with Gasteiger partial charge in [-0.1, -0.05) is 23.7 Å². The van der Waals surface area contributed by atoms with Crippen molar-refractivity contribution in [2.24, 2.45) is 0 Å². The van der Waals surface area contributed by atoms with Gasteiger partial charge in [0.1, 0.15) is 5.82 Å². The van der Waals surface area contributed by atoms with E-state index in [9.17, 15) is 4.79 Å². The molecule has 2 aromatic carbocycles. The molecule has 1 amide bonds. The normalized spacial score (nSPS) is 15.9. The van der Waals surface area contributed by atoms with Gasteiger partial charge in [0.2, 0.25) is 5.91 Å². The number of carbonyl (C=O) groups excluding carboxylic acids is 1. The Balaban J connectivity index is 1.85. The highest BCUT2D eigenvalue weighted by Gasteiger charge is 2.31. The number of methoxy groups -OCH3 is 1. The molecule has 0 saturated heterocycles. The van der Waals surface area contributed by atoms with Gasteiger partial charge in [-0.25, -0.2) is 4.68 Å². The highest BCUT2D eigenvalue weighted by molar-refractivity contribution is 8.00. The molecular formula is C22H22ClN3O3S. The summed E-state index contributed by atoms with van der Waals surface area (Å²) in [7, 11) is 1.62. The van der Waals surface area contributed by atoms with E-state index in [0.717, 1.165) is 22.5 Å². The molecular weight excluding hydrogens is 422 g/mol. The van der Waals surface area contributed by atoms with Crippen LogP contribution in [0, 0.1) is 6.92 Å². The number of ether oxygens (including phenoxy) is 2. The van der Waals surface area contributed by atoms with Crippen molar-refractivity contribution in [1.82, 2.24) is 9.78 Å². The van der Waals surface area contributed by atoms with Gasteiger partial charge in [0.15, 0.2) is 11.5 Å². The quantitative estimate of drug-likeness (QED) is 0.600. The second kappa shape index (κ2) is 8.62. The van der Waals surface area contributed by atoms with E-state index in [0.29, 0.717) is 34.7 Å². The minimum Gasteiger partial charge on any atom is -0.493 e. The number of aryl methyl sites for hydroxylation is 1. The number of aromatic nitrogens is 2. The molecule has 1 aromatic heterocycles. The van der Waals surface area contributed by atoms with Gasteiger partial charge in [0.05, 0.1) is 36.1 Å². The van der Waals surface area contributed by atoms with Crippen molar-refractivity contribution in [3.8, 4) is 17.2 Å². The summed E-state index contributed by atoms with van der Waals surface area (Å²) < 4.78 is 12.9. The zero-order chi connectivity index (χ0) is 21.3. The van der Waals surface area contributed by atoms with Crippen molar-refractivity contribution in [2.75, 3.05) is 24.8 Å². The van der Waals surface area contributed by atoms with Crippen molar-refractivity contribution >= 4 is 35.1 Å². The first-order chi connectivity index (χ1) is 14.5. The number of anilines is 1. The Labute approximate surface area is 184 Å². The first-order valence-electron chi connectivity index (χ1n) is 9.59. The second-order valence-electron chi connectivity index (χ2n) is 6.82. The first kappa shape index (κ1) is 20.6. The van der Waals surface area contributed by atoms with Gasteiger partial charge in [0.25, 0.3) is 0 Å². The van der Waals surface area contributed by atoms with E-state index in [4.69, 9.17) is 26.2 Å². The zero-order valence-electron chi connectivity index (χ0n) is 16.9. The molecule has 0 fully saturated rings. The number of hydrogen-bond acceptors (Lipinski definition) is 5. The van der Waals surface area contributed by atoms with E-state index in [1.165, 1.54) is 0 Å². The molecule has 8 heteroatoms. The lowest BCUT2D eigenvalue weighted by Gasteiger charge is -2.18. The fraction of sp³-hybridized carbons (Fsp3) is 0.273. The van der Waals surface area contributed by atoms with Crippen LogP contribution >= 0.6 is 23.4 Å². The Morgan fingerprint density at radius 3 is 2.83 bits per heavy atom. The molecule has 4 rings (SSSR count). The number of hydrogen-bond donors (Lipinski definition) is 1. The van der Waals surface area contributed by atoms with Crippen molar-refractivity contribution in [2.45, 2.75) is 19.1 Å². The average molecular weight is 444 g/mol. The highest BCUT2D eigenvalue weighted by Crippen LogP contribution is 2.45. The Morgan fingerprint density at radius 2 is 2.10 bits per heavy atom. The third-order valence-electron chi connectivity index (χ3n) is 4.85. The maximum Gasteiger partial charge on any atom is 0.235 e. The van der Waals surface area contributed by atoms with E-state index < -0.39 is 0 Å². The average Bonchev–Trinajstić information content (AvgIpc) is 2.93. The van der Waals surface area contributed by atoms with Gasteiger partial charge in [0, 0.05) is 10.6 Å². The van der Waals surface area contributed by atoms with Crippen LogP contribution in [0.15, 0.2) is 42.5 Å². The van der Waals surface area contributed by atoms with Crippen molar-refractivity contribution in [3.05, 3.63) is 64.3 Å². The van der Waals surface area contributed by atoms with Crippen LogP contribution in [0.1, 0.15) is 29.0 Å². The fourth-order valence-corrected chi connectivity index (χ4v) is 4.93. The molecule has 1 aliphatic rings. The van der Waals surface area contributed by atoms with E-state index in [2.05, 4.69) is 5.32 Å². The molecule has 0 aliphatic carbocycles. The van der Waals surface area contributed by atoms with Gasteiger partial charge in [-0.3, -0.25) is 4.79 Å². The molecule has 0 spiro atoms. The summed E-state index contributed by atoms with van der Waals surface area (Å²) in [5, 5.41) is 8.28. The number of fused-ring (bicyclic) bond motifs is 1. The smallest absolute Gasteiger partial charge is 0.235 e. The number of carbonyl (C=O) groups is 1. The third kappa shape index (κ3) is 3.87.